The van der Waals surface area contributed by atoms with Crippen LogP contribution in [0.2, 0.25) is 0 Å². The van der Waals surface area contributed by atoms with Crippen LogP contribution in [0.4, 0.5) is 15.8 Å². The van der Waals surface area contributed by atoms with Crippen molar-refractivity contribution in [1.29, 1.82) is 0 Å². The summed E-state index contributed by atoms with van der Waals surface area (Å²) in [7, 11) is 0. The maximum absolute atomic E-state index is 13.3. The quantitative estimate of drug-likeness (QED) is 0.624. The van der Waals surface area contributed by atoms with Gasteiger partial charge >= 0.3 is 5.69 Å². The number of anilines is 1. The van der Waals surface area contributed by atoms with Gasteiger partial charge < -0.3 is 10.6 Å². The van der Waals surface area contributed by atoms with Gasteiger partial charge in [0.25, 0.3) is 0 Å². The number of halogens is 1. The Bertz CT molecular complexity index is 433. The number of benzene rings is 1. The molecule has 1 saturated heterocycles. The summed E-state index contributed by atoms with van der Waals surface area (Å²) < 4.78 is 13.3. The zero-order valence-corrected chi connectivity index (χ0v) is 9.99. The molecule has 1 aliphatic heterocycles. The van der Waals surface area contributed by atoms with Crippen molar-refractivity contribution in [3.8, 4) is 0 Å². The smallest absolute Gasteiger partial charge is 0.327 e. The number of hydrogen-bond acceptors (Lipinski definition) is 4. The highest BCUT2D eigenvalue weighted by molar-refractivity contribution is 5.61. The van der Waals surface area contributed by atoms with Crippen molar-refractivity contribution in [2.75, 3.05) is 18.4 Å². The van der Waals surface area contributed by atoms with Crippen LogP contribution in [0.3, 0.4) is 0 Å². The summed E-state index contributed by atoms with van der Waals surface area (Å²) in [5.41, 5.74) is -0.227. The van der Waals surface area contributed by atoms with Gasteiger partial charge in [-0.2, -0.15) is 4.39 Å². The molecular formula is C12H16FN3O2. The Hall–Kier alpha value is -1.69. The van der Waals surface area contributed by atoms with Crippen molar-refractivity contribution in [3.05, 3.63) is 34.1 Å². The van der Waals surface area contributed by atoms with Gasteiger partial charge in [0.1, 0.15) is 5.69 Å². The van der Waals surface area contributed by atoms with E-state index in [-0.39, 0.29) is 5.69 Å². The molecule has 6 heteroatoms. The van der Waals surface area contributed by atoms with Gasteiger partial charge in [-0.3, -0.25) is 10.1 Å². The van der Waals surface area contributed by atoms with Crippen molar-refractivity contribution < 1.29 is 9.31 Å². The van der Waals surface area contributed by atoms with Crippen LogP contribution in [0.1, 0.15) is 19.3 Å². The minimum Gasteiger partial charge on any atom is -0.379 e. The predicted octanol–water partition coefficient (Wildman–Crippen LogP) is 2.29. The van der Waals surface area contributed by atoms with E-state index in [4.69, 9.17) is 0 Å². The predicted molar refractivity (Wildman–Crippen MR) is 67.2 cm³/mol. The van der Waals surface area contributed by atoms with Gasteiger partial charge in [0, 0.05) is 12.6 Å². The fourth-order valence-corrected chi connectivity index (χ4v) is 2.23. The van der Waals surface area contributed by atoms with Crippen LogP contribution in [0.15, 0.2) is 18.2 Å². The van der Waals surface area contributed by atoms with Gasteiger partial charge in [-0.25, -0.2) is 0 Å². The summed E-state index contributed by atoms with van der Waals surface area (Å²) in [5.74, 6) is -0.802. The second-order valence-corrected chi connectivity index (χ2v) is 4.40. The van der Waals surface area contributed by atoms with E-state index in [1.165, 1.54) is 18.6 Å². The van der Waals surface area contributed by atoms with Crippen LogP contribution in [0, 0.1) is 15.9 Å². The van der Waals surface area contributed by atoms with Crippen molar-refractivity contribution in [2.45, 2.75) is 25.3 Å². The van der Waals surface area contributed by atoms with Gasteiger partial charge in [0.2, 0.25) is 5.82 Å². The van der Waals surface area contributed by atoms with Crippen LogP contribution >= 0.6 is 0 Å². The molecule has 1 aliphatic rings. The highest BCUT2D eigenvalue weighted by Crippen LogP contribution is 2.27. The van der Waals surface area contributed by atoms with E-state index in [0.717, 1.165) is 25.5 Å². The number of nitro groups is 1. The molecule has 0 radical (unpaired) electrons. The number of para-hydroxylation sites is 1. The zero-order valence-electron chi connectivity index (χ0n) is 9.99. The first-order valence-electron chi connectivity index (χ1n) is 6.08. The summed E-state index contributed by atoms with van der Waals surface area (Å²) in [5, 5.41) is 17.1. The molecule has 0 aliphatic carbocycles. The van der Waals surface area contributed by atoms with E-state index >= 15 is 0 Å². The second kappa shape index (κ2) is 5.77. The third-order valence-corrected chi connectivity index (χ3v) is 3.14. The average molecular weight is 253 g/mol. The van der Waals surface area contributed by atoms with E-state index in [1.807, 2.05) is 0 Å². The van der Waals surface area contributed by atoms with Gasteiger partial charge in [-0.1, -0.05) is 6.07 Å². The molecular weight excluding hydrogens is 237 g/mol. The van der Waals surface area contributed by atoms with Crippen LogP contribution < -0.4 is 10.6 Å². The Morgan fingerprint density at radius 2 is 2.39 bits per heavy atom. The first-order valence-corrected chi connectivity index (χ1v) is 6.08. The maximum Gasteiger partial charge on any atom is 0.327 e. The third-order valence-electron chi connectivity index (χ3n) is 3.14. The summed E-state index contributed by atoms with van der Waals surface area (Å²) in [6, 6.07) is 4.56. The van der Waals surface area contributed by atoms with Crippen LogP contribution in [-0.2, 0) is 0 Å². The number of nitro benzene ring substituents is 1. The van der Waals surface area contributed by atoms with E-state index in [1.54, 1.807) is 0 Å². The SMILES string of the molecule is O=[N+]([O-])c1c(F)cccc1NCC[C@H]1CCCN1. The number of nitrogens with zero attached hydrogens (tertiary/aromatic N) is 1. The molecule has 0 saturated carbocycles. The van der Waals surface area contributed by atoms with Crippen molar-refractivity contribution in [2.24, 2.45) is 0 Å². The molecule has 0 unspecified atom stereocenters. The molecule has 1 aromatic rings. The number of nitrogens with one attached hydrogen (secondary N) is 2. The second-order valence-electron chi connectivity index (χ2n) is 4.40. The lowest BCUT2D eigenvalue weighted by Gasteiger charge is -2.11. The topological polar surface area (TPSA) is 67.2 Å². The minimum absolute atomic E-state index is 0.248. The third kappa shape index (κ3) is 2.95. The van der Waals surface area contributed by atoms with Crippen molar-refractivity contribution >= 4 is 11.4 Å². The first kappa shape index (κ1) is 12.8. The van der Waals surface area contributed by atoms with Crippen LogP contribution in [0.5, 0.6) is 0 Å². The summed E-state index contributed by atoms with van der Waals surface area (Å²) >= 11 is 0. The molecule has 98 valence electrons. The van der Waals surface area contributed by atoms with Crippen LogP contribution in [0.25, 0.3) is 0 Å². The molecule has 18 heavy (non-hydrogen) atoms. The van der Waals surface area contributed by atoms with E-state index in [2.05, 4.69) is 10.6 Å². The lowest BCUT2D eigenvalue weighted by Crippen LogP contribution is -2.24. The average Bonchev–Trinajstić information content (AvgIpc) is 2.81. The molecule has 0 amide bonds. The lowest BCUT2D eigenvalue weighted by molar-refractivity contribution is -0.386. The Morgan fingerprint density at radius 1 is 1.56 bits per heavy atom. The Labute approximate surface area is 105 Å². The molecule has 1 atom stereocenters. The minimum atomic E-state index is -0.802. The van der Waals surface area contributed by atoms with E-state index < -0.39 is 16.4 Å². The molecule has 0 aromatic heterocycles. The fraction of sp³-hybridized carbons (Fsp3) is 0.500. The highest BCUT2D eigenvalue weighted by Gasteiger charge is 2.20. The molecule has 0 bridgehead atoms. The Morgan fingerprint density at radius 3 is 3.06 bits per heavy atom. The maximum atomic E-state index is 13.3. The van der Waals surface area contributed by atoms with E-state index in [0.29, 0.717) is 12.6 Å². The molecule has 1 heterocycles. The van der Waals surface area contributed by atoms with Gasteiger partial charge in [-0.15, -0.1) is 0 Å². The van der Waals surface area contributed by atoms with Gasteiger partial charge in [0.05, 0.1) is 4.92 Å². The molecule has 5 nitrogen and oxygen atoms in total. The van der Waals surface area contributed by atoms with Crippen molar-refractivity contribution in [1.82, 2.24) is 5.32 Å². The lowest BCUT2D eigenvalue weighted by atomic mass is 10.1. The summed E-state index contributed by atoms with van der Waals surface area (Å²) in [6.07, 6.45) is 3.19. The Kier molecular flexibility index (Phi) is 4.09. The Balaban J connectivity index is 1.96. The molecule has 2 rings (SSSR count). The zero-order chi connectivity index (χ0) is 13.0. The van der Waals surface area contributed by atoms with E-state index in [9.17, 15) is 14.5 Å². The van der Waals surface area contributed by atoms with Gasteiger partial charge in [0.15, 0.2) is 0 Å². The molecule has 2 N–H and O–H groups in total. The standard InChI is InChI=1S/C12H16FN3O2/c13-10-4-1-5-11(12(10)16(17)18)15-8-6-9-3-2-7-14-9/h1,4-5,9,14-15H,2-3,6-8H2/t9-/m1/s1. The summed E-state index contributed by atoms with van der Waals surface area (Å²) in [6.45, 7) is 1.63. The summed E-state index contributed by atoms with van der Waals surface area (Å²) in [4.78, 5) is 10.1. The highest BCUT2D eigenvalue weighted by atomic mass is 19.1. The normalized spacial score (nSPS) is 18.8. The van der Waals surface area contributed by atoms with Crippen molar-refractivity contribution in [3.63, 3.8) is 0 Å². The monoisotopic (exact) mass is 253 g/mol. The molecule has 0 spiro atoms. The van der Waals surface area contributed by atoms with Gasteiger partial charge in [-0.05, 0) is 37.9 Å². The fourth-order valence-electron chi connectivity index (χ4n) is 2.23. The first-order chi connectivity index (χ1) is 8.68. The largest absolute Gasteiger partial charge is 0.379 e. The van der Waals surface area contributed by atoms with Crippen LogP contribution in [-0.4, -0.2) is 24.1 Å². The molecule has 1 fully saturated rings. The number of rotatable bonds is 5. The number of hydrogen-bond donors (Lipinski definition) is 2. The molecule has 1 aromatic carbocycles.